The van der Waals surface area contributed by atoms with Gasteiger partial charge in [0.1, 0.15) is 17.9 Å². The summed E-state index contributed by atoms with van der Waals surface area (Å²) < 4.78 is 7.23. The number of benzene rings is 1. The van der Waals surface area contributed by atoms with E-state index in [-0.39, 0.29) is 42.0 Å². The van der Waals surface area contributed by atoms with Crippen LogP contribution in [0.3, 0.4) is 0 Å². The van der Waals surface area contributed by atoms with Crippen LogP contribution in [0.15, 0.2) is 36.7 Å². The maximum Gasteiger partial charge on any atom is 0.265 e. The Morgan fingerprint density at radius 2 is 2.00 bits per heavy atom. The average molecular weight is 491 g/mol. The molecule has 2 N–H and O–H groups in total. The van der Waals surface area contributed by atoms with Gasteiger partial charge in [-0.1, -0.05) is 26.8 Å². The molecule has 5 rings (SSSR count). The highest BCUT2D eigenvalue weighted by Gasteiger charge is 2.35. The summed E-state index contributed by atoms with van der Waals surface area (Å²) in [7, 11) is 0. The third kappa shape index (κ3) is 4.16. The molecule has 188 valence electrons. The van der Waals surface area contributed by atoms with Crippen molar-refractivity contribution in [2.45, 2.75) is 51.5 Å². The topological polar surface area (TPSA) is 123 Å². The van der Waals surface area contributed by atoms with E-state index < -0.39 is 5.91 Å². The molecule has 1 saturated heterocycles. The van der Waals surface area contributed by atoms with Crippen LogP contribution in [0, 0.1) is 0 Å². The minimum atomic E-state index is -0.606. The first kappa shape index (κ1) is 23.8. The molecule has 2 aliphatic heterocycles. The summed E-state index contributed by atoms with van der Waals surface area (Å²) in [5, 5.41) is 4.33. The molecule has 10 heteroatoms. The number of primary amides is 1. The van der Waals surface area contributed by atoms with Gasteiger partial charge in [-0.2, -0.15) is 5.10 Å². The van der Waals surface area contributed by atoms with Crippen molar-refractivity contribution in [1.82, 2.24) is 19.5 Å². The Kier molecular flexibility index (Phi) is 5.89. The molecule has 3 aromatic rings. The van der Waals surface area contributed by atoms with E-state index in [1.807, 2.05) is 24.3 Å². The molecule has 4 heterocycles. The molecule has 1 aromatic carbocycles. The van der Waals surface area contributed by atoms with E-state index in [2.05, 4.69) is 30.9 Å². The number of hydrogen-bond acceptors (Lipinski definition) is 6. The molecule has 36 heavy (non-hydrogen) atoms. The number of piperidine rings is 1. The van der Waals surface area contributed by atoms with Crippen LogP contribution in [0.5, 0.6) is 5.75 Å². The number of anilines is 1. The van der Waals surface area contributed by atoms with Crippen molar-refractivity contribution in [3.63, 3.8) is 0 Å². The number of rotatable bonds is 4. The van der Waals surface area contributed by atoms with Gasteiger partial charge in [0, 0.05) is 12.7 Å². The minimum absolute atomic E-state index is 0.0842. The van der Waals surface area contributed by atoms with Gasteiger partial charge in [0.05, 0.1) is 23.6 Å². The lowest BCUT2D eigenvalue weighted by molar-refractivity contribution is -0.135. The first-order valence-electron chi connectivity index (χ1n) is 12.1. The second-order valence-corrected chi connectivity index (χ2v) is 10.3. The number of carbonyl (C=O) groups excluding carboxylic acids is 3. The second kappa shape index (κ2) is 8.92. The van der Waals surface area contributed by atoms with Gasteiger partial charge in [-0.25, -0.2) is 9.50 Å². The molecular weight excluding hydrogens is 460 g/mol. The van der Waals surface area contributed by atoms with Gasteiger partial charge < -0.3 is 15.4 Å². The minimum Gasteiger partial charge on any atom is -0.482 e. The van der Waals surface area contributed by atoms with Gasteiger partial charge in [0.2, 0.25) is 5.91 Å². The van der Waals surface area contributed by atoms with Crippen molar-refractivity contribution in [1.29, 1.82) is 0 Å². The van der Waals surface area contributed by atoms with Gasteiger partial charge in [0.15, 0.2) is 12.3 Å². The van der Waals surface area contributed by atoms with E-state index in [9.17, 15) is 14.4 Å². The highest BCUT2D eigenvalue weighted by Crippen LogP contribution is 2.37. The van der Waals surface area contributed by atoms with Crippen LogP contribution in [0.2, 0.25) is 0 Å². The predicted octanol–water partition coefficient (Wildman–Crippen LogP) is 2.60. The zero-order chi connectivity index (χ0) is 25.6. The Hall–Kier alpha value is -3.95. The lowest BCUT2D eigenvalue weighted by Crippen LogP contribution is -2.48. The number of nitrogens with two attached hydrogens (primary N) is 1. The van der Waals surface area contributed by atoms with Gasteiger partial charge in [-0.15, -0.1) is 0 Å². The lowest BCUT2D eigenvalue weighted by atomic mass is 9.86. The number of aromatic nitrogens is 3. The van der Waals surface area contributed by atoms with Crippen molar-refractivity contribution in [3.8, 4) is 5.75 Å². The van der Waals surface area contributed by atoms with Crippen molar-refractivity contribution in [2.75, 3.05) is 24.6 Å². The van der Waals surface area contributed by atoms with Gasteiger partial charge in [-0.3, -0.25) is 19.3 Å². The SMILES string of the molecule is CC(C)(C)c1ccc2c(c1)N(CC(=O)N1CCCC[C@@H]1c1ccnc3c(C(N)=O)cnn13)C(=O)CO2. The number of ether oxygens (including phenoxy) is 1. The molecular formula is C26H30N6O4. The third-order valence-corrected chi connectivity index (χ3v) is 6.92. The summed E-state index contributed by atoms with van der Waals surface area (Å²) in [6.07, 6.45) is 5.55. The van der Waals surface area contributed by atoms with E-state index in [4.69, 9.17) is 10.5 Å². The van der Waals surface area contributed by atoms with Gasteiger partial charge in [0.25, 0.3) is 11.8 Å². The fourth-order valence-corrected chi connectivity index (χ4v) is 4.94. The molecule has 0 saturated carbocycles. The van der Waals surface area contributed by atoms with Crippen LogP contribution < -0.4 is 15.4 Å². The molecule has 10 nitrogen and oxygen atoms in total. The molecule has 1 fully saturated rings. The van der Waals surface area contributed by atoms with Crippen LogP contribution in [-0.4, -0.2) is 56.9 Å². The van der Waals surface area contributed by atoms with E-state index in [0.29, 0.717) is 23.6 Å². The van der Waals surface area contributed by atoms with E-state index >= 15 is 0 Å². The first-order chi connectivity index (χ1) is 17.1. The largest absolute Gasteiger partial charge is 0.482 e. The van der Waals surface area contributed by atoms with E-state index in [1.54, 1.807) is 15.6 Å². The normalized spacial score (nSPS) is 18.2. The van der Waals surface area contributed by atoms with Crippen molar-refractivity contribution >= 4 is 29.1 Å². The Balaban J connectivity index is 1.46. The number of nitrogens with zero attached hydrogens (tertiary/aromatic N) is 5. The predicted molar refractivity (Wildman–Crippen MR) is 133 cm³/mol. The fourth-order valence-electron chi connectivity index (χ4n) is 4.94. The number of hydrogen-bond donors (Lipinski definition) is 1. The van der Waals surface area contributed by atoms with Crippen LogP contribution >= 0.6 is 0 Å². The highest BCUT2D eigenvalue weighted by molar-refractivity contribution is 6.02. The zero-order valence-corrected chi connectivity index (χ0v) is 20.7. The van der Waals surface area contributed by atoms with Crippen molar-refractivity contribution < 1.29 is 19.1 Å². The van der Waals surface area contributed by atoms with Crippen LogP contribution in [0.25, 0.3) is 5.65 Å². The van der Waals surface area contributed by atoms with E-state index in [1.165, 1.54) is 11.1 Å². The molecule has 3 amide bonds. The number of amides is 3. The van der Waals surface area contributed by atoms with Gasteiger partial charge >= 0.3 is 0 Å². The van der Waals surface area contributed by atoms with Crippen molar-refractivity contribution in [3.05, 3.63) is 53.5 Å². The molecule has 1 atom stereocenters. The molecule has 0 radical (unpaired) electrons. The fraction of sp³-hybridized carbons (Fsp3) is 0.423. The van der Waals surface area contributed by atoms with E-state index in [0.717, 1.165) is 30.5 Å². The maximum atomic E-state index is 13.7. The van der Waals surface area contributed by atoms with Crippen LogP contribution in [-0.2, 0) is 15.0 Å². The molecule has 0 bridgehead atoms. The van der Waals surface area contributed by atoms with Crippen molar-refractivity contribution in [2.24, 2.45) is 5.73 Å². The summed E-state index contributed by atoms with van der Waals surface area (Å²) in [5.74, 6) is -0.420. The van der Waals surface area contributed by atoms with Crippen LogP contribution in [0.1, 0.15) is 67.7 Å². The summed E-state index contributed by atoms with van der Waals surface area (Å²) >= 11 is 0. The Bertz CT molecular complexity index is 1360. The number of likely N-dealkylation sites (tertiary alicyclic amines) is 1. The average Bonchev–Trinajstić information content (AvgIpc) is 3.29. The summed E-state index contributed by atoms with van der Waals surface area (Å²) in [6, 6.07) is 7.34. The quantitative estimate of drug-likeness (QED) is 0.600. The number of fused-ring (bicyclic) bond motifs is 2. The molecule has 0 unspecified atom stereocenters. The summed E-state index contributed by atoms with van der Waals surface area (Å²) in [5.41, 5.74) is 8.38. The standard InChI is InChI=1S/C26H30N6O4/c1-26(2,3)16-7-8-21-20(12-16)31(23(34)15-36-21)14-22(33)30-11-5-4-6-18(30)19-9-10-28-25-17(24(27)35)13-29-32(19)25/h7-10,12-13,18H,4-6,11,14-15H2,1-3H3,(H2,27,35)/t18-/m1/s1. The summed E-state index contributed by atoms with van der Waals surface area (Å²) in [4.78, 5) is 46.0. The Morgan fingerprint density at radius 3 is 2.75 bits per heavy atom. The molecule has 2 aromatic heterocycles. The monoisotopic (exact) mass is 490 g/mol. The van der Waals surface area contributed by atoms with Gasteiger partial charge in [-0.05, 0) is 48.4 Å². The highest BCUT2D eigenvalue weighted by atomic mass is 16.5. The Labute approximate surface area is 209 Å². The molecule has 0 spiro atoms. The smallest absolute Gasteiger partial charge is 0.265 e. The number of carbonyl (C=O) groups is 3. The van der Waals surface area contributed by atoms with Crippen LogP contribution in [0.4, 0.5) is 5.69 Å². The Morgan fingerprint density at radius 1 is 1.19 bits per heavy atom. The first-order valence-corrected chi connectivity index (χ1v) is 12.1. The second-order valence-electron chi connectivity index (χ2n) is 10.3. The molecule has 0 aliphatic carbocycles. The zero-order valence-electron chi connectivity index (χ0n) is 20.7. The third-order valence-electron chi connectivity index (χ3n) is 6.92. The molecule has 2 aliphatic rings. The summed E-state index contributed by atoms with van der Waals surface area (Å²) in [6.45, 7) is 6.67. The lowest BCUT2D eigenvalue weighted by Gasteiger charge is -2.38. The maximum absolute atomic E-state index is 13.7.